The van der Waals surface area contributed by atoms with E-state index < -0.39 is 11.7 Å². The van der Waals surface area contributed by atoms with E-state index in [0.717, 1.165) is 23.3 Å². The van der Waals surface area contributed by atoms with E-state index in [0.29, 0.717) is 34.3 Å². The first-order valence-electron chi connectivity index (χ1n) is 9.45. The van der Waals surface area contributed by atoms with E-state index in [1.54, 1.807) is 20.3 Å². The van der Waals surface area contributed by atoms with Gasteiger partial charge in [0.15, 0.2) is 0 Å². The summed E-state index contributed by atoms with van der Waals surface area (Å²) >= 11 is 0. The molecule has 0 unspecified atom stereocenters. The predicted octanol–water partition coefficient (Wildman–Crippen LogP) is 6.45. The van der Waals surface area contributed by atoms with Crippen molar-refractivity contribution in [2.75, 3.05) is 14.2 Å². The van der Waals surface area contributed by atoms with Gasteiger partial charge in [-0.25, -0.2) is 4.98 Å². The largest absolute Gasteiger partial charge is 0.497 e. The van der Waals surface area contributed by atoms with Gasteiger partial charge < -0.3 is 14.5 Å². The Balaban J connectivity index is 1.85. The van der Waals surface area contributed by atoms with Gasteiger partial charge in [0.2, 0.25) is 0 Å². The van der Waals surface area contributed by atoms with Crippen molar-refractivity contribution in [1.29, 1.82) is 0 Å². The molecule has 0 amide bonds. The summed E-state index contributed by atoms with van der Waals surface area (Å²) in [6.07, 6.45) is -4.43. The molecule has 7 heteroatoms. The normalized spacial score (nSPS) is 11.4. The zero-order valence-corrected chi connectivity index (χ0v) is 16.8. The first-order chi connectivity index (χ1) is 14.9. The molecule has 0 radical (unpaired) electrons. The maximum Gasteiger partial charge on any atom is 0.416 e. The second-order valence-corrected chi connectivity index (χ2v) is 6.84. The Bertz CT molecular complexity index is 1120. The molecule has 3 aromatic carbocycles. The Morgan fingerprint density at radius 2 is 1.32 bits per heavy atom. The number of imidazole rings is 1. The van der Waals surface area contributed by atoms with Crippen LogP contribution >= 0.6 is 0 Å². The topological polar surface area (TPSA) is 47.1 Å². The average Bonchev–Trinajstić information content (AvgIpc) is 3.24. The highest BCUT2D eigenvalue weighted by Crippen LogP contribution is 2.36. The van der Waals surface area contributed by atoms with Crippen molar-refractivity contribution < 1.29 is 22.6 Å². The van der Waals surface area contributed by atoms with Crippen LogP contribution in [0.5, 0.6) is 11.5 Å². The second kappa shape index (κ2) is 8.18. The van der Waals surface area contributed by atoms with Crippen molar-refractivity contribution in [1.82, 2.24) is 9.97 Å². The van der Waals surface area contributed by atoms with E-state index in [1.807, 2.05) is 48.5 Å². The fourth-order valence-electron chi connectivity index (χ4n) is 3.28. The molecule has 0 aliphatic heterocycles. The van der Waals surface area contributed by atoms with Gasteiger partial charge in [0, 0.05) is 16.7 Å². The van der Waals surface area contributed by atoms with Crippen molar-refractivity contribution in [3.63, 3.8) is 0 Å². The van der Waals surface area contributed by atoms with Crippen LogP contribution in [0.3, 0.4) is 0 Å². The number of ether oxygens (including phenoxy) is 2. The highest BCUT2D eigenvalue weighted by atomic mass is 19.4. The number of nitrogens with one attached hydrogen (secondary N) is 1. The highest BCUT2D eigenvalue weighted by Gasteiger charge is 2.30. The monoisotopic (exact) mass is 424 g/mol. The van der Waals surface area contributed by atoms with E-state index in [2.05, 4.69) is 9.97 Å². The fourth-order valence-corrected chi connectivity index (χ4v) is 3.28. The zero-order valence-electron chi connectivity index (χ0n) is 16.8. The molecule has 4 rings (SSSR count). The van der Waals surface area contributed by atoms with E-state index in [1.165, 1.54) is 6.07 Å². The number of hydrogen-bond acceptors (Lipinski definition) is 3. The number of aromatic amines is 1. The lowest BCUT2D eigenvalue weighted by Crippen LogP contribution is -2.04. The van der Waals surface area contributed by atoms with Gasteiger partial charge >= 0.3 is 6.18 Å². The molecule has 31 heavy (non-hydrogen) atoms. The smallest absolute Gasteiger partial charge is 0.416 e. The van der Waals surface area contributed by atoms with Crippen LogP contribution in [0.25, 0.3) is 33.9 Å². The number of aromatic nitrogens is 2. The van der Waals surface area contributed by atoms with Crippen LogP contribution in [-0.2, 0) is 6.18 Å². The predicted molar refractivity (Wildman–Crippen MR) is 113 cm³/mol. The van der Waals surface area contributed by atoms with Crippen LogP contribution < -0.4 is 9.47 Å². The number of rotatable bonds is 5. The fraction of sp³-hybridized carbons (Fsp3) is 0.125. The summed E-state index contributed by atoms with van der Waals surface area (Å²) in [5.41, 5.74) is 2.58. The third-order valence-corrected chi connectivity index (χ3v) is 4.91. The molecular formula is C24H19F3N2O2. The molecule has 0 atom stereocenters. The number of hydrogen-bond donors (Lipinski definition) is 1. The van der Waals surface area contributed by atoms with Gasteiger partial charge in [-0.05, 0) is 60.7 Å². The molecule has 0 aliphatic carbocycles. The van der Waals surface area contributed by atoms with Crippen molar-refractivity contribution in [3.05, 3.63) is 78.4 Å². The summed E-state index contributed by atoms with van der Waals surface area (Å²) in [5.74, 6) is 1.75. The highest BCUT2D eigenvalue weighted by molar-refractivity contribution is 5.81. The van der Waals surface area contributed by atoms with Crippen LogP contribution in [0.1, 0.15) is 5.56 Å². The lowest BCUT2D eigenvalue weighted by Gasteiger charge is -2.07. The van der Waals surface area contributed by atoms with Gasteiger partial charge in [-0.3, -0.25) is 0 Å². The van der Waals surface area contributed by atoms with Crippen molar-refractivity contribution in [3.8, 4) is 45.4 Å². The molecule has 0 bridgehead atoms. The van der Waals surface area contributed by atoms with Crippen LogP contribution in [0.2, 0.25) is 0 Å². The number of alkyl halides is 3. The van der Waals surface area contributed by atoms with Gasteiger partial charge in [-0.15, -0.1) is 0 Å². The first-order valence-corrected chi connectivity index (χ1v) is 9.45. The van der Waals surface area contributed by atoms with Crippen molar-refractivity contribution in [2.24, 2.45) is 0 Å². The quantitative estimate of drug-likeness (QED) is 0.401. The van der Waals surface area contributed by atoms with Crippen LogP contribution in [-0.4, -0.2) is 24.2 Å². The van der Waals surface area contributed by atoms with Crippen molar-refractivity contribution >= 4 is 0 Å². The van der Waals surface area contributed by atoms with Gasteiger partial charge in [0.25, 0.3) is 0 Å². The summed E-state index contributed by atoms with van der Waals surface area (Å²) in [6, 6.07) is 19.8. The van der Waals surface area contributed by atoms with E-state index >= 15 is 0 Å². The standard InChI is InChI=1S/C24H19F3N2O2/c1-30-19-10-6-15(7-11-19)21-22(16-8-12-20(31-2)13-9-16)29-23(28-21)17-4-3-5-18(14-17)24(25,26)27/h3-14H,1-2H3,(H,28,29). The Hall–Kier alpha value is -3.74. The van der Waals surface area contributed by atoms with E-state index in [4.69, 9.17) is 9.47 Å². The SMILES string of the molecule is COc1ccc(-c2nc(-c3cccc(C(F)(F)F)c3)[nH]c2-c2ccc(OC)cc2)cc1. The maximum absolute atomic E-state index is 13.2. The minimum absolute atomic E-state index is 0.350. The van der Waals surface area contributed by atoms with Crippen molar-refractivity contribution in [2.45, 2.75) is 6.18 Å². The lowest BCUT2D eigenvalue weighted by molar-refractivity contribution is -0.137. The molecule has 158 valence electrons. The molecule has 4 aromatic rings. The minimum Gasteiger partial charge on any atom is -0.497 e. The molecule has 0 saturated carbocycles. The molecule has 0 aliphatic rings. The molecule has 0 fully saturated rings. The molecule has 0 saturated heterocycles. The summed E-state index contributed by atoms with van der Waals surface area (Å²) in [7, 11) is 3.16. The Morgan fingerprint density at radius 1 is 0.742 bits per heavy atom. The molecule has 1 aromatic heterocycles. The lowest BCUT2D eigenvalue weighted by atomic mass is 10.0. The Kier molecular flexibility index (Phi) is 5.42. The third-order valence-electron chi connectivity index (χ3n) is 4.91. The molecular weight excluding hydrogens is 405 g/mol. The van der Waals surface area contributed by atoms with Crippen LogP contribution in [0.15, 0.2) is 72.8 Å². The summed E-state index contributed by atoms with van der Waals surface area (Å²) in [4.78, 5) is 7.86. The van der Waals surface area contributed by atoms with Gasteiger partial charge in [0.05, 0.1) is 31.2 Å². The number of methoxy groups -OCH3 is 2. The Morgan fingerprint density at radius 3 is 1.87 bits per heavy atom. The molecule has 1 heterocycles. The summed E-state index contributed by atoms with van der Waals surface area (Å²) in [5, 5.41) is 0. The summed E-state index contributed by atoms with van der Waals surface area (Å²) < 4.78 is 50.0. The van der Waals surface area contributed by atoms with Gasteiger partial charge in [-0.2, -0.15) is 13.2 Å². The number of benzene rings is 3. The maximum atomic E-state index is 13.2. The molecule has 4 nitrogen and oxygen atoms in total. The third kappa shape index (κ3) is 4.26. The zero-order chi connectivity index (χ0) is 22.0. The average molecular weight is 424 g/mol. The molecule has 0 spiro atoms. The summed E-state index contributed by atoms with van der Waals surface area (Å²) in [6.45, 7) is 0. The molecule has 1 N–H and O–H groups in total. The number of halogens is 3. The van der Waals surface area contributed by atoms with E-state index in [-0.39, 0.29) is 0 Å². The van der Waals surface area contributed by atoms with Gasteiger partial charge in [-0.1, -0.05) is 12.1 Å². The van der Waals surface area contributed by atoms with Crippen LogP contribution in [0, 0.1) is 0 Å². The van der Waals surface area contributed by atoms with Gasteiger partial charge in [0.1, 0.15) is 17.3 Å². The number of nitrogens with zero attached hydrogens (tertiary/aromatic N) is 1. The second-order valence-electron chi connectivity index (χ2n) is 6.84. The Labute approximate surface area is 177 Å². The van der Waals surface area contributed by atoms with E-state index in [9.17, 15) is 13.2 Å². The minimum atomic E-state index is -4.43. The first kappa shape index (κ1) is 20.5. The van der Waals surface area contributed by atoms with Crippen LogP contribution in [0.4, 0.5) is 13.2 Å². The number of H-pyrrole nitrogens is 1.